The summed E-state index contributed by atoms with van der Waals surface area (Å²) in [6.45, 7) is 10.7. The van der Waals surface area contributed by atoms with E-state index in [0.717, 1.165) is 18.9 Å². The normalized spacial score (nSPS) is 13.5. The van der Waals surface area contributed by atoms with Gasteiger partial charge in [-0.2, -0.15) is 0 Å². The molecule has 1 heterocycles. The molecule has 0 radical (unpaired) electrons. The van der Waals surface area contributed by atoms with Crippen molar-refractivity contribution in [2.75, 3.05) is 6.54 Å². The Labute approximate surface area is 86.5 Å². The van der Waals surface area contributed by atoms with E-state index in [1.54, 1.807) is 0 Å². The lowest BCUT2D eigenvalue weighted by atomic mass is 10.0. The van der Waals surface area contributed by atoms with Crippen LogP contribution in [0.2, 0.25) is 0 Å². The van der Waals surface area contributed by atoms with E-state index < -0.39 is 0 Å². The highest BCUT2D eigenvalue weighted by atomic mass is 15.1. The number of likely N-dealkylation sites (N-methyl/N-ethyl adjacent to an activating group) is 1. The second kappa shape index (κ2) is 5.15. The molecule has 80 valence electrons. The van der Waals surface area contributed by atoms with Crippen LogP contribution >= 0.6 is 0 Å². The van der Waals surface area contributed by atoms with E-state index in [4.69, 9.17) is 0 Å². The molecule has 0 fully saturated rings. The molecule has 0 aromatic carbocycles. The highest BCUT2D eigenvalue weighted by Crippen LogP contribution is 2.06. The van der Waals surface area contributed by atoms with Crippen molar-refractivity contribution in [1.29, 1.82) is 0 Å². The van der Waals surface area contributed by atoms with Crippen LogP contribution < -0.4 is 5.32 Å². The summed E-state index contributed by atoms with van der Waals surface area (Å²) in [4.78, 5) is 4.22. The van der Waals surface area contributed by atoms with Crippen LogP contribution in [0.4, 0.5) is 0 Å². The first-order valence-corrected chi connectivity index (χ1v) is 5.36. The molecule has 1 aromatic rings. The maximum Gasteiger partial charge on any atom is 0.105 e. The fourth-order valence-electron chi connectivity index (χ4n) is 1.58. The Morgan fingerprint density at radius 1 is 1.50 bits per heavy atom. The Kier molecular flexibility index (Phi) is 4.14. The monoisotopic (exact) mass is 195 g/mol. The Bertz CT molecular complexity index is 265. The Hall–Kier alpha value is -0.830. The summed E-state index contributed by atoms with van der Waals surface area (Å²) in [5, 5.41) is 3.50. The summed E-state index contributed by atoms with van der Waals surface area (Å²) in [5.41, 5.74) is 0. The molecule has 3 nitrogen and oxygen atoms in total. The van der Waals surface area contributed by atoms with E-state index in [2.05, 4.69) is 35.6 Å². The molecule has 0 aliphatic heterocycles. The molecule has 3 heteroatoms. The zero-order chi connectivity index (χ0) is 10.6. The molecular weight excluding hydrogens is 174 g/mol. The van der Waals surface area contributed by atoms with Crippen LogP contribution in [0.25, 0.3) is 0 Å². The van der Waals surface area contributed by atoms with E-state index in [1.165, 1.54) is 0 Å². The minimum absolute atomic E-state index is 0.535. The zero-order valence-corrected chi connectivity index (χ0v) is 9.62. The van der Waals surface area contributed by atoms with Gasteiger partial charge in [0.1, 0.15) is 5.82 Å². The molecule has 1 unspecified atom stereocenters. The first-order valence-electron chi connectivity index (χ1n) is 5.36. The van der Waals surface area contributed by atoms with Gasteiger partial charge in [0, 0.05) is 25.0 Å². The highest BCUT2D eigenvalue weighted by molar-refractivity contribution is 4.90. The first kappa shape index (κ1) is 11.2. The molecule has 0 saturated carbocycles. The Morgan fingerprint density at radius 2 is 2.21 bits per heavy atom. The third kappa shape index (κ3) is 2.84. The zero-order valence-electron chi connectivity index (χ0n) is 9.62. The van der Waals surface area contributed by atoms with Crippen molar-refractivity contribution >= 4 is 0 Å². The maximum atomic E-state index is 4.22. The van der Waals surface area contributed by atoms with Crippen molar-refractivity contribution in [3.8, 4) is 0 Å². The van der Waals surface area contributed by atoms with Gasteiger partial charge in [0.15, 0.2) is 0 Å². The van der Waals surface area contributed by atoms with Gasteiger partial charge in [0.25, 0.3) is 0 Å². The quantitative estimate of drug-likeness (QED) is 0.776. The fraction of sp³-hybridized carbons (Fsp3) is 0.727. The fourth-order valence-corrected chi connectivity index (χ4v) is 1.58. The summed E-state index contributed by atoms with van der Waals surface area (Å²) in [6.07, 6.45) is 3.90. The van der Waals surface area contributed by atoms with Gasteiger partial charge in [0.2, 0.25) is 0 Å². The average Bonchev–Trinajstić information content (AvgIpc) is 2.51. The SMILES string of the molecule is CCNC(Cn1ccnc1C)C(C)C. The van der Waals surface area contributed by atoms with Crippen molar-refractivity contribution < 1.29 is 0 Å². The van der Waals surface area contributed by atoms with Gasteiger partial charge in [-0.15, -0.1) is 0 Å². The summed E-state index contributed by atoms with van der Waals surface area (Å²) >= 11 is 0. The van der Waals surface area contributed by atoms with Crippen LogP contribution in [0, 0.1) is 12.8 Å². The van der Waals surface area contributed by atoms with E-state index in [9.17, 15) is 0 Å². The number of nitrogens with one attached hydrogen (secondary N) is 1. The molecule has 1 N–H and O–H groups in total. The number of hydrogen-bond donors (Lipinski definition) is 1. The van der Waals surface area contributed by atoms with Gasteiger partial charge >= 0.3 is 0 Å². The molecule has 1 atom stereocenters. The van der Waals surface area contributed by atoms with Gasteiger partial charge in [0.05, 0.1) is 0 Å². The van der Waals surface area contributed by atoms with Crippen molar-refractivity contribution in [3.63, 3.8) is 0 Å². The molecule has 0 aliphatic rings. The average molecular weight is 195 g/mol. The second-order valence-corrected chi connectivity index (χ2v) is 4.04. The summed E-state index contributed by atoms with van der Waals surface area (Å²) < 4.78 is 2.20. The van der Waals surface area contributed by atoms with Crippen molar-refractivity contribution in [2.45, 2.75) is 40.3 Å². The van der Waals surface area contributed by atoms with Gasteiger partial charge in [-0.05, 0) is 19.4 Å². The third-order valence-electron chi connectivity index (χ3n) is 2.59. The number of aryl methyl sites for hydroxylation is 1. The molecule has 0 spiro atoms. The number of rotatable bonds is 5. The van der Waals surface area contributed by atoms with Gasteiger partial charge in [-0.3, -0.25) is 0 Å². The van der Waals surface area contributed by atoms with Gasteiger partial charge in [-0.1, -0.05) is 20.8 Å². The first-order chi connectivity index (χ1) is 6.65. The molecule has 0 amide bonds. The number of imidazole rings is 1. The molecule has 1 aromatic heterocycles. The van der Waals surface area contributed by atoms with Crippen molar-refractivity contribution in [3.05, 3.63) is 18.2 Å². The van der Waals surface area contributed by atoms with Crippen LogP contribution in [0.15, 0.2) is 12.4 Å². The molecule has 14 heavy (non-hydrogen) atoms. The molecular formula is C11H21N3. The van der Waals surface area contributed by atoms with Gasteiger partial charge in [-0.25, -0.2) is 4.98 Å². The molecule has 0 bridgehead atoms. The predicted molar refractivity (Wildman–Crippen MR) is 59.3 cm³/mol. The summed E-state index contributed by atoms with van der Waals surface area (Å²) in [6, 6.07) is 0.535. The van der Waals surface area contributed by atoms with Gasteiger partial charge < -0.3 is 9.88 Å². The lowest BCUT2D eigenvalue weighted by Crippen LogP contribution is -2.37. The minimum Gasteiger partial charge on any atom is -0.334 e. The van der Waals surface area contributed by atoms with E-state index in [0.29, 0.717) is 12.0 Å². The van der Waals surface area contributed by atoms with E-state index in [-0.39, 0.29) is 0 Å². The summed E-state index contributed by atoms with van der Waals surface area (Å²) in [5.74, 6) is 1.74. The number of hydrogen-bond acceptors (Lipinski definition) is 2. The smallest absolute Gasteiger partial charge is 0.105 e. The lowest BCUT2D eigenvalue weighted by Gasteiger charge is -2.22. The predicted octanol–water partition coefficient (Wildman–Crippen LogP) is 1.83. The lowest BCUT2D eigenvalue weighted by molar-refractivity contribution is 0.359. The number of nitrogens with zero attached hydrogens (tertiary/aromatic N) is 2. The molecule has 0 aliphatic carbocycles. The van der Waals surface area contributed by atoms with Crippen LogP contribution in [0.3, 0.4) is 0 Å². The van der Waals surface area contributed by atoms with E-state index >= 15 is 0 Å². The standard InChI is InChI=1S/C11H21N3/c1-5-12-11(9(2)3)8-14-7-6-13-10(14)4/h6-7,9,11-12H,5,8H2,1-4H3. The second-order valence-electron chi connectivity index (χ2n) is 4.04. The van der Waals surface area contributed by atoms with Crippen molar-refractivity contribution in [2.24, 2.45) is 5.92 Å². The maximum absolute atomic E-state index is 4.22. The Morgan fingerprint density at radius 3 is 2.64 bits per heavy atom. The molecule has 0 saturated heterocycles. The van der Waals surface area contributed by atoms with E-state index in [1.807, 2.05) is 19.3 Å². The van der Waals surface area contributed by atoms with Crippen LogP contribution in [0.5, 0.6) is 0 Å². The van der Waals surface area contributed by atoms with Crippen molar-refractivity contribution in [1.82, 2.24) is 14.9 Å². The highest BCUT2D eigenvalue weighted by Gasteiger charge is 2.12. The topological polar surface area (TPSA) is 29.9 Å². The van der Waals surface area contributed by atoms with Crippen LogP contribution in [-0.4, -0.2) is 22.1 Å². The third-order valence-corrected chi connectivity index (χ3v) is 2.59. The van der Waals surface area contributed by atoms with Crippen LogP contribution in [-0.2, 0) is 6.54 Å². The summed E-state index contributed by atoms with van der Waals surface area (Å²) in [7, 11) is 0. The molecule has 1 rings (SSSR count). The largest absolute Gasteiger partial charge is 0.334 e. The minimum atomic E-state index is 0.535. The Balaban J connectivity index is 2.60. The van der Waals surface area contributed by atoms with Crippen LogP contribution in [0.1, 0.15) is 26.6 Å². The number of aromatic nitrogens is 2.